The Morgan fingerprint density at radius 3 is 1.86 bits per heavy atom. The Morgan fingerprint density at radius 2 is 1.29 bits per heavy atom. The summed E-state index contributed by atoms with van der Waals surface area (Å²) in [4.78, 5) is 65.5. The number of aliphatic hydroxyl groups is 1. The zero-order valence-corrected chi connectivity index (χ0v) is 49.0. The first-order valence-corrected chi connectivity index (χ1v) is 27.6. The summed E-state index contributed by atoms with van der Waals surface area (Å²) < 4.78 is 33.3. The van der Waals surface area contributed by atoms with E-state index in [4.69, 9.17) is 34.4 Å². The van der Waals surface area contributed by atoms with Crippen LogP contribution in [-0.2, 0) is 60.2 Å². The molecule has 8 rings (SSSR count). The molecule has 4 unspecified atom stereocenters. The van der Waals surface area contributed by atoms with Gasteiger partial charge in [0.15, 0.2) is 11.7 Å². The molecule has 1 aliphatic heterocycles. The number of nitrogens with zero attached hydrogens (tertiary/aromatic N) is 3. The molecule has 1 aromatic heterocycles. The molecule has 1 amide bonds. The number of carboxylic acid groups (broad SMARTS) is 1. The molecular weight excluding hydrogens is 1050 g/mol. The van der Waals surface area contributed by atoms with Crippen LogP contribution < -0.4 is 20.3 Å². The molecule has 0 bridgehead atoms. The largest absolute Gasteiger partial charge is 0.493 e. The van der Waals surface area contributed by atoms with E-state index in [0.29, 0.717) is 45.4 Å². The number of amidine groups is 1. The maximum absolute atomic E-state index is 15.1. The van der Waals surface area contributed by atoms with Crippen molar-refractivity contribution in [3.8, 4) is 11.1 Å². The van der Waals surface area contributed by atoms with Crippen LogP contribution in [0.2, 0.25) is 0 Å². The molecule has 2 aliphatic carbocycles. The first kappa shape index (κ1) is 59.5. The number of rotatable bonds is 15. The second-order valence-corrected chi connectivity index (χ2v) is 22.3. The van der Waals surface area contributed by atoms with Crippen molar-refractivity contribution in [2.75, 3.05) is 28.7 Å². The molecule has 404 valence electrons. The number of aliphatic hydroxyl groups excluding tert-OH is 1. The zero-order chi connectivity index (χ0) is 54.8. The van der Waals surface area contributed by atoms with Gasteiger partial charge < -0.3 is 30.6 Å². The normalized spacial score (nSPS) is 22.9. The third kappa shape index (κ3) is 15.5. The Bertz CT molecular complexity index is 3110. The molecule has 5 N–H and O–H groups in total. The number of amides is 1. The fourth-order valence-corrected chi connectivity index (χ4v) is 11.5. The summed E-state index contributed by atoms with van der Waals surface area (Å²) in [7, 11) is -1.86. The van der Waals surface area contributed by atoms with Gasteiger partial charge in [-0.1, -0.05) is 126 Å². The average Bonchev–Trinajstić information content (AvgIpc) is 3.89. The minimum absolute atomic E-state index is 0. The summed E-state index contributed by atoms with van der Waals surface area (Å²) in [5.41, 5.74) is 5.19. The van der Waals surface area contributed by atoms with E-state index >= 15 is 4.79 Å². The number of benzene rings is 4. The van der Waals surface area contributed by atoms with Crippen molar-refractivity contribution >= 4 is 68.4 Å². The van der Waals surface area contributed by atoms with E-state index in [1.165, 1.54) is 6.07 Å². The Hall–Kier alpha value is -6.72. The number of carboxylic acids is 1. The van der Waals surface area contributed by atoms with Crippen LogP contribution in [0.1, 0.15) is 107 Å². The van der Waals surface area contributed by atoms with E-state index < -0.39 is 39.9 Å². The fourth-order valence-electron chi connectivity index (χ4n) is 10.9. The minimum atomic E-state index is -3.65. The van der Waals surface area contributed by atoms with Gasteiger partial charge in [0.2, 0.25) is 15.9 Å². The molecule has 0 spiro atoms. The summed E-state index contributed by atoms with van der Waals surface area (Å²) in [5, 5.41) is 25.3. The molecule has 2 saturated carbocycles. The number of aliphatic imine (C=N–C) groups is 2. The van der Waals surface area contributed by atoms with Gasteiger partial charge in [-0.2, -0.15) is 4.99 Å². The monoisotopic (exact) mass is 1120 g/mol. The third-order valence-corrected chi connectivity index (χ3v) is 14.5. The van der Waals surface area contributed by atoms with Crippen LogP contribution in [0.15, 0.2) is 130 Å². The molecule has 77 heavy (non-hydrogen) atoms. The number of carbonyl (C=O) groups is 3. The Labute approximate surface area is 464 Å². The number of anilines is 3. The fraction of sp³-hybridized carbons (Fsp3) is 0.373. The zero-order valence-electron chi connectivity index (χ0n) is 45.2. The molecule has 2 heterocycles. The van der Waals surface area contributed by atoms with E-state index in [1.54, 1.807) is 49.5 Å². The quantitative estimate of drug-likeness (QED) is 0.0165. The molecule has 4 aromatic carbocycles. The smallest absolute Gasteiger partial charge is 0.343 e. The number of esters is 1. The molecule has 4 atom stereocenters. The maximum atomic E-state index is 15.1. The second-order valence-electron chi connectivity index (χ2n) is 20.6. The molecule has 3 aliphatic rings. The third-order valence-electron chi connectivity index (χ3n) is 13.9. The number of aromatic nitrogens is 1. The summed E-state index contributed by atoms with van der Waals surface area (Å²) in [5.74, 6) is -0.602. The van der Waals surface area contributed by atoms with Gasteiger partial charge in [-0.05, 0) is 126 Å². The van der Waals surface area contributed by atoms with Crippen LogP contribution in [-0.4, -0.2) is 73.7 Å². The number of nitrogens with one attached hydrogen (secondary N) is 3. The van der Waals surface area contributed by atoms with Crippen LogP contribution in [0.4, 0.5) is 17.2 Å². The van der Waals surface area contributed by atoms with Crippen LogP contribution in [0.3, 0.4) is 0 Å². The second kappa shape index (κ2) is 26.6. The molecule has 0 radical (unpaired) electrons. The van der Waals surface area contributed by atoms with Crippen LogP contribution in [0, 0.1) is 35.5 Å². The van der Waals surface area contributed by atoms with Crippen molar-refractivity contribution in [3.05, 3.63) is 148 Å². The summed E-state index contributed by atoms with van der Waals surface area (Å²) >= 11 is 0. The van der Waals surface area contributed by atoms with Gasteiger partial charge in [-0.15, -0.1) is 0 Å². The van der Waals surface area contributed by atoms with Gasteiger partial charge in [0.05, 0.1) is 18.1 Å². The number of allylic oxidation sites excluding steroid dienone is 1. The first-order valence-electron chi connectivity index (χ1n) is 25.7. The van der Waals surface area contributed by atoms with Gasteiger partial charge in [-0.3, -0.25) is 14.3 Å². The number of sulfonamides is 1. The standard InChI is InChI=1S/C57H66N6O8S.C2H4O2.Zn/c1-33-25-35(3)51(36(4)26-33)70-57(66)50-49(40-19-13-10-14-20-40)47(60-54(50)62-56(65)42-22-16-24-44(30-42)63-72(8,67)68)31-46-48(39-17-11-9-12-18-39)45(32-69-71-52-37(5)27-34(2)28-38(52)6)53(59-46)61-55(64)41-21-15-23-43(29-41)58-7;1-2(3)4;/h9-24,29-31,33-38,51-52,58,63H,25-28,32H2,1-8H3,(H3,59,60,61,62,64,65,66);1H3,(H,3,4);/p-1. The summed E-state index contributed by atoms with van der Waals surface area (Å²) in [6.45, 7) is 14.0. The van der Waals surface area contributed by atoms with Gasteiger partial charge in [0.1, 0.15) is 18.3 Å². The maximum Gasteiger partial charge on any atom is 0.343 e. The van der Waals surface area contributed by atoms with Gasteiger partial charge in [0, 0.05) is 61.5 Å². The number of hydrogen-bond donors (Lipinski definition) is 5. The van der Waals surface area contributed by atoms with E-state index in [0.717, 1.165) is 50.1 Å². The molecule has 2 fully saturated rings. The SMILES string of the molecule is CC(=O)O.CNc1cccc(C(=O)Nc2[n-]c(/C=C3\N=C(N=C(O)c4cccc(NS(C)(=O)=O)c4)C(C(=O)OC4C(C)CC(C)CC4C)=C3c3ccccc3)c(-c3ccccc3)c2COOC2C(C)CC(C)CC2C)c1.[Zn]. The molecular formula is C59H69N6O10SZn-. The Morgan fingerprint density at radius 1 is 0.753 bits per heavy atom. The molecule has 16 nitrogen and oxygen atoms in total. The Kier molecular flexibility index (Phi) is 20.5. The van der Waals surface area contributed by atoms with Gasteiger partial charge in [-0.25, -0.2) is 28.0 Å². The predicted octanol–water partition coefficient (Wildman–Crippen LogP) is 11.4. The van der Waals surface area contributed by atoms with Crippen molar-refractivity contribution in [2.24, 2.45) is 45.5 Å². The van der Waals surface area contributed by atoms with Crippen LogP contribution in [0.25, 0.3) is 22.8 Å². The molecule has 18 heteroatoms. The van der Waals surface area contributed by atoms with Crippen molar-refractivity contribution < 1.29 is 67.0 Å². The number of ether oxygens (including phenoxy) is 1. The van der Waals surface area contributed by atoms with Crippen molar-refractivity contribution in [2.45, 2.75) is 93.0 Å². The van der Waals surface area contributed by atoms with Crippen molar-refractivity contribution in [1.29, 1.82) is 0 Å². The first-order chi connectivity index (χ1) is 36.2. The van der Waals surface area contributed by atoms with E-state index in [9.17, 15) is 18.3 Å². The average molecular weight is 1120 g/mol. The summed E-state index contributed by atoms with van der Waals surface area (Å²) in [6, 6.07) is 32.2. The molecule has 0 saturated heterocycles. The minimum Gasteiger partial charge on any atom is -0.493 e. The number of hydrogen-bond acceptors (Lipinski definition) is 11. The van der Waals surface area contributed by atoms with E-state index in [-0.39, 0.29) is 90.0 Å². The van der Waals surface area contributed by atoms with Crippen molar-refractivity contribution in [1.82, 2.24) is 4.98 Å². The number of carbonyl (C=O) groups excluding carboxylic acids is 2. The van der Waals surface area contributed by atoms with E-state index in [2.05, 4.69) is 61.9 Å². The van der Waals surface area contributed by atoms with Crippen molar-refractivity contribution in [3.63, 3.8) is 0 Å². The van der Waals surface area contributed by atoms with Gasteiger partial charge in [0.25, 0.3) is 5.97 Å². The summed E-state index contributed by atoms with van der Waals surface area (Å²) in [6.07, 6.45) is 6.02. The predicted molar refractivity (Wildman–Crippen MR) is 298 cm³/mol. The topological polar surface area (TPSA) is 228 Å². The number of aliphatic carboxylic acids is 1. The van der Waals surface area contributed by atoms with Crippen LogP contribution in [0.5, 0.6) is 0 Å². The Balaban J connectivity index is 0.00000186. The molecule has 5 aromatic rings. The van der Waals surface area contributed by atoms with Gasteiger partial charge >= 0.3 is 5.97 Å². The van der Waals surface area contributed by atoms with Crippen LogP contribution >= 0.6 is 0 Å². The van der Waals surface area contributed by atoms with E-state index in [1.807, 2.05) is 66.7 Å².